The third kappa shape index (κ3) is 5.90. The molecule has 0 aliphatic heterocycles. The molecule has 3 nitrogen and oxygen atoms in total. The van der Waals surface area contributed by atoms with Crippen molar-refractivity contribution in [3.05, 3.63) is 0 Å². The Hall–Kier alpha value is 0.0200. The molecule has 0 radical (unpaired) electrons. The molecular weight excluding hydrogens is 137 g/mol. The van der Waals surface area contributed by atoms with Gasteiger partial charge in [0.25, 0.3) is 0 Å². The van der Waals surface area contributed by atoms with Gasteiger partial charge < -0.3 is 5.73 Å². The van der Waals surface area contributed by atoms with Gasteiger partial charge in [0.05, 0.1) is 0 Å². The molecule has 0 aliphatic rings. The maximum Gasteiger partial charge on any atom is 0.505 e. The van der Waals surface area contributed by atoms with Crippen LogP contribution in [-0.2, 0) is 4.57 Å². The minimum Gasteiger partial charge on any atom is -0.330 e. The topological polar surface area (TPSA) is 63.3 Å². The average molecular weight is 150 g/mol. The molecule has 9 heavy (non-hydrogen) atoms. The van der Waals surface area contributed by atoms with E-state index in [9.17, 15) is 4.57 Å². The van der Waals surface area contributed by atoms with Crippen LogP contribution >= 0.6 is 8.03 Å². The second-order valence-corrected chi connectivity index (χ2v) is 3.29. The molecule has 0 aromatic carbocycles. The number of nitrogens with two attached hydrogens (primary N) is 1. The van der Waals surface area contributed by atoms with Crippen molar-refractivity contribution in [3.8, 4) is 0 Å². The molecule has 0 heterocycles. The van der Waals surface area contributed by atoms with Crippen LogP contribution in [0.5, 0.6) is 0 Å². The van der Waals surface area contributed by atoms with E-state index in [4.69, 9.17) is 10.6 Å². The Labute approximate surface area is 56.1 Å². The molecule has 54 valence electrons. The number of rotatable bonds is 4. The number of hydrogen-bond donors (Lipinski definition) is 2. The van der Waals surface area contributed by atoms with Gasteiger partial charge in [0.15, 0.2) is 6.16 Å². The summed E-state index contributed by atoms with van der Waals surface area (Å²) in [4.78, 5) is 8.42. The van der Waals surface area contributed by atoms with Crippen molar-refractivity contribution in [2.45, 2.75) is 13.3 Å². The molecule has 0 saturated heterocycles. The minimum atomic E-state index is -1.96. The minimum absolute atomic E-state index is 0.281. The van der Waals surface area contributed by atoms with Crippen molar-refractivity contribution in [2.24, 2.45) is 11.7 Å². The Kier molecular flexibility index (Phi) is 4.87. The molecule has 0 spiro atoms. The fourth-order valence-corrected chi connectivity index (χ4v) is 1.36. The summed E-state index contributed by atoms with van der Waals surface area (Å²) >= 11 is 0. The van der Waals surface area contributed by atoms with Gasteiger partial charge in [-0.1, -0.05) is 6.92 Å². The Morgan fingerprint density at radius 2 is 2.33 bits per heavy atom. The van der Waals surface area contributed by atoms with Gasteiger partial charge in [0, 0.05) is 5.92 Å². The first-order chi connectivity index (χ1) is 4.16. The quantitative estimate of drug-likeness (QED) is 0.580. The van der Waals surface area contributed by atoms with Crippen LogP contribution in [0.4, 0.5) is 0 Å². The number of hydrogen-bond acceptors (Lipinski definition) is 2. The summed E-state index contributed by atoms with van der Waals surface area (Å²) in [6.45, 7) is 2.53. The van der Waals surface area contributed by atoms with Gasteiger partial charge >= 0.3 is 8.03 Å². The fourth-order valence-electron chi connectivity index (χ4n) is 0.642. The van der Waals surface area contributed by atoms with E-state index in [1.165, 1.54) is 0 Å². The van der Waals surface area contributed by atoms with Gasteiger partial charge in [-0.25, -0.2) is 0 Å². The van der Waals surface area contributed by atoms with Crippen LogP contribution < -0.4 is 5.73 Å². The Morgan fingerprint density at radius 3 is 2.67 bits per heavy atom. The highest BCUT2D eigenvalue weighted by molar-refractivity contribution is 7.37. The van der Waals surface area contributed by atoms with Crippen molar-refractivity contribution in [2.75, 3.05) is 12.7 Å². The Bertz CT molecular complexity index is 97.0. The summed E-state index contributed by atoms with van der Waals surface area (Å²) in [5.74, 6) is 0.281. The lowest BCUT2D eigenvalue weighted by Gasteiger charge is -1.98. The summed E-state index contributed by atoms with van der Waals surface area (Å²) in [5, 5.41) is 0. The zero-order chi connectivity index (χ0) is 7.28. The second-order valence-electron chi connectivity index (χ2n) is 2.22. The first-order valence-corrected chi connectivity index (χ1v) is 4.40. The molecule has 0 bridgehead atoms. The lowest BCUT2D eigenvalue weighted by molar-refractivity contribution is 0.484. The van der Waals surface area contributed by atoms with Crippen LogP contribution in [0.3, 0.4) is 0 Å². The van der Waals surface area contributed by atoms with Crippen molar-refractivity contribution in [1.82, 2.24) is 0 Å². The second kappa shape index (κ2) is 4.86. The molecule has 0 aromatic heterocycles. The maximum absolute atomic E-state index is 10.2. The van der Waals surface area contributed by atoms with E-state index in [2.05, 4.69) is 0 Å². The van der Waals surface area contributed by atoms with Crippen molar-refractivity contribution >= 4 is 8.03 Å². The highest BCUT2D eigenvalue weighted by Crippen LogP contribution is 2.19. The highest BCUT2D eigenvalue weighted by Gasteiger charge is 2.15. The van der Waals surface area contributed by atoms with Crippen LogP contribution in [0.2, 0.25) is 0 Å². The predicted molar refractivity (Wildman–Crippen MR) is 37.5 cm³/mol. The van der Waals surface area contributed by atoms with E-state index < -0.39 is 8.03 Å². The molecule has 0 amide bonds. The summed E-state index contributed by atoms with van der Waals surface area (Å²) in [6.07, 6.45) is 1.22. The SMILES string of the molecule is CC(CCN)C[P+](=O)O. The third-order valence-electron chi connectivity index (χ3n) is 1.13. The molecule has 0 aromatic rings. The fraction of sp³-hybridized carbons (Fsp3) is 1.00. The molecular formula is C5H13NO2P+. The van der Waals surface area contributed by atoms with Crippen LogP contribution in [0.1, 0.15) is 13.3 Å². The van der Waals surface area contributed by atoms with Crippen LogP contribution in [0, 0.1) is 5.92 Å². The lowest BCUT2D eigenvalue weighted by atomic mass is 10.1. The molecule has 4 heteroatoms. The van der Waals surface area contributed by atoms with E-state index in [0.717, 1.165) is 6.42 Å². The van der Waals surface area contributed by atoms with Gasteiger partial charge in [0.2, 0.25) is 0 Å². The first kappa shape index (κ1) is 9.02. The average Bonchev–Trinajstić information content (AvgIpc) is 1.63. The molecule has 2 unspecified atom stereocenters. The zero-order valence-corrected chi connectivity index (χ0v) is 6.47. The van der Waals surface area contributed by atoms with Crippen molar-refractivity contribution < 1.29 is 9.46 Å². The van der Waals surface area contributed by atoms with Crippen molar-refractivity contribution in [3.63, 3.8) is 0 Å². The molecule has 0 saturated carbocycles. The normalized spacial score (nSPS) is 15.2. The van der Waals surface area contributed by atoms with Gasteiger partial charge in [-0.15, -0.1) is 0 Å². The van der Waals surface area contributed by atoms with Crippen LogP contribution in [-0.4, -0.2) is 17.6 Å². The molecule has 0 fully saturated rings. The monoisotopic (exact) mass is 150 g/mol. The molecule has 0 aliphatic carbocycles. The largest absolute Gasteiger partial charge is 0.505 e. The highest BCUT2D eigenvalue weighted by atomic mass is 31.1. The molecule has 2 atom stereocenters. The van der Waals surface area contributed by atoms with Gasteiger partial charge in [-0.3, -0.25) is 0 Å². The molecule has 0 rings (SSSR count). The van der Waals surface area contributed by atoms with E-state index >= 15 is 0 Å². The standard InChI is InChI=1S/C5H12NO2P/c1-5(2-3-6)4-9(7)8/h5H,2-4,6H2,1H3/p+1. The summed E-state index contributed by atoms with van der Waals surface area (Å²) in [5.41, 5.74) is 5.23. The van der Waals surface area contributed by atoms with E-state index in [1.807, 2.05) is 6.92 Å². The van der Waals surface area contributed by atoms with Gasteiger partial charge in [-0.05, 0) is 17.5 Å². The van der Waals surface area contributed by atoms with Crippen LogP contribution in [0.15, 0.2) is 0 Å². The van der Waals surface area contributed by atoms with Gasteiger partial charge in [0.1, 0.15) is 0 Å². The Morgan fingerprint density at radius 1 is 1.78 bits per heavy atom. The van der Waals surface area contributed by atoms with E-state index in [-0.39, 0.29) is 5.92 Å². The Balaban J connectivity index is 3.26. The van der Waals surface area contributed by atoms with Crippen LogP contribution in [0.25, 0.3) is 0 Å². The zero-order valence-electron chi connectivity index (χ0n) is 5.58. The smallest absolute Gasteiger partial charge is 0.330 e. The van der Waals surface area contributed by atoms with E-state index in [0.29, 0.717) is 12.7 Å². The predicted octanol–water partition coefficient (Wildman–Crippen LogP) is 0.706. The maximum atomic E-state index is 10.2. The molecule has 3 N–H and O–H groups in total. The summed E-state index contributed by atoms with van der Waals surface area (Å²) < 4.78 is 10.2. The van der Waals surface area contributed by atoms with Crippen molar-refractivity contribution in [1.29, 1.82) is 0 Å². The summed E-state index contributed by atoms with van der Waals surface area (Å²) in [6, 6.07) is 0. The first-order valence-electron chi connectivity index (χ1n) is 3.00. The van der Waals surface area contributed by atoms with E-state index in [1.54, 1.807) is 0 Å². The third-order valence-corrected chi connectivity index (χ3v) is 2.06. The van der Waals surface area contributed by atoms with Gasteiger partial charge in [-0.2, -0.15) is 4.89 Å². The summed E-state index contributed by atoms with van der Waals surface area (Å²) in [7, 11) is -1.96. The lowest BCUT2D eigenvalue weighted by Crippen LogP contribution is -2.07.